The largest absolute Gasteiger partial charge is 0.0645 e. The zero-order chi connectivity index (χ0) is 15.0. The Morgan fingerprint density at radius 1 is 0.750 bits per heavy atom. The Hall–Kier alpha value is -1.04. The van der Waals surface area contributed by atoms with Gasteiger partial charge in [-0.15, -0.1) is 0 Å². The standard InChI is InChI=1S/C20H28/c1-11-9-15-13(3)12(2)14(4)18-16(15)17(11)19(5,6)10-20(18,7)8/h9-10H2,1-8H3. The maximum atomic E-state index is 2.44. The van der Waals surface area contributed by atoms with Crippen LogP contribution in [0.25, 0.3) is 5.57 Å². The quantitative estimate of drug-likeness (QED) is 0.570. The van der Waals surface area contributed by atoms with E-state index in [0.29, 0.717) is 5.41 Å². The smallest absolute Gasteiger partial charge is 0.00547 e. The molecule has 108 valence electrons. The molecule has 0 aromatic heterocycles. The van der Waals surface area contributed by atoms with Crippen molar-refractivity contribution >= 4 is 5.57 Å². The summed E-state index contributed by atoms with van der Waals surface area (Å²) in [6.07, 6.45) is 2.42. The normalized spacial score (nSPS) is 22.2. The average molecular weight is 268 g/mol. The molecule has 0 fully saturated rings. The number of hydrogen-bond acceptors (Lipinski definition) is 0. The number of benzene rings is 1. The van der Waals surface area contributed by atoms with Gasteiger partial charge in [-0.1, -0.05) is 33.3 Å². The molecule has 0 heterocycles. The molecule has 3 rings (SSSR count). The van der Waals surface area contributed by atoms with Crippen molar-refractivity contribution in [1.29, 1.82) is 0 Å². The summed E-state index contributed by atoms with van der Waals surface area (Å²) in [5, 5.41) is 0. The Bertz CT molecular complexity index is 651. The molecule has 20 heavy (non-hydrogen) atoms. The third-order valence-electron chi connectivity index (χ3n) is 5.86. The highest BCUT2D eigenvalue weighted by Gasteiger charge is 2.45. The highest BCUT2D eigenvalue weighted by molar-refractivity contribution is 5.86. The SMILES string of the molecule is CC1=C2c3c(c(C)c(C)c(C)c3C(C)(C)CC2(C)C)C1. The van der Waals surface area contributed by atoms with Crippen LogP contribution in [0.5, 0.6) is 0 Å². The zero-order valence-electron chi connectivity index (χ0n) is 14.4. The highest BCUT2D eigenvalue weighted by Crippen LogP contribution is 2.58. The summed E-state index contributed by atoms with van der Waals surface area (Å²) in [6, 6.07) is 0. The second kappa shape index (κ2) is 3.78. The number of allylic oxidation sites excluding steroid dienone is 2. The minimum Gasteiger partial charge on any atom is -0.0645 e. The maximum absolute atomic E-state index is 2.44. The van der Waals surface area contributed by atoms with Gasteiger partial charge in [-0.05, 0) is 90.3 Å². The van der Waals surface area contributed by atoms with E-state index in [1.807, 2.05) is 0 Å². The fourth-order valence-corrected chi connectivity index (χ4v) is 5.33. The third kappa shape index (κ3) is 1.54. The van der Waals surface area contributed by atoms with Crippen LogP contribution in [0.1, 0.15) is 74.4 Å². The zero-order valence-corrected chi connectivity index (χ0v) is 14.4. The predicted molar refractivity (Wildman–Crippen MR) is 88.4 cm³/mol. The van der Waals surface area contributed by atoms with Crippen molar-refractivity contribution in [3.05, 3.63) is 39.0 Å². The first-order valence-electron chi connectivity index (χ1n) is 7.91. The van der Waals surface area contributed by atoms with Crippen LogP contribution in [0.2, 0.25) is 0 Å². The average Bonchev–Trinajstić information content (AvgIpc) is 2.62. The number of rotatable bonds is 0. The Kier molecular flexibility index (Phi) is 2.63. The molecule has 0 bridgehead atoms. The van der Waals surface area contributed by atoms with Crippen molar-refractivity contribution in [1.82, 2.24) is 0 Å². The van der Waals surface area contributed by atoms with Gasteiger partial charge < -0.3 is 0 Å². The van der Waals surface area contributed by atoms with E-state index in [1.54, 1.807) is 27.8 Å². The Morgan fingerprint density at radius 2 is 1.35 bits per heavy atom. The lowest BCUT2D eigenvalue weighted by Crippen LogP contribution is -2.35. The molecule has 0 amide bonds. The van der Waals surface area contributed by atoms with Crippen molar-refractivity contribution in [2.45, 2.75) is 73.6 Å². The summed E-state index contributed by atoms with van der Waals surface area (Å²) in [6.45, 7) is 19.1. The molecule has 0 atom stereocenters. The predicted octanol–water partition coefficient (Wildman–Crippen LogP) is 5.65. The van der Waals surface area contributed by atoms with Gasteiger partial charge in [0.15, 0.2) is 0 Å². The van der Waals surface area contributed by atoms with Crippen LogP contribution >= 0.6 is 0 Å². The van der Waals surface area contributed by atoms with E-state index in [-0.39, 0.29) is 5.41 Å². The Labute approximate surface area is 124 Å². The van der Waals surface area contributed by atoms with Gasteiger partial charge in [0, 0.05) is 0 Å². The molecule has 2 aliphatic carbocycles. The minimum atomic E-state index is 0.282. The van der Waals surface area contributed by atoms with Gasteiger partial charge in [-0.25, -0.2) is 0 Å². The van der Waals surface area contributed by atoms with E-state index in [9.17, 15) is 0 Å². The third-order valence-corrected chi connectivity index (χ3v) is 5.86. The van der Waals surface area contributed by atoms with Crippen LogP contribution in [0, 0.1) is 26.2 Å². The molecular formula is C20H28. The first-order chi connectivity index (χ1) is 9.08. The lowest BCUT2D eigenvalue weighted by Gasteiger charge is -2.45. The van der Waals surface area contributed by atoms with Gasteiger partial charge in [0.1, 0.15) is 0 Å². The van der Waals surface area contributed by atoms with Crippen molar-refractivity contribution in [2.75, 3.05) is 0 Å². The van der Waals surface area contributed by atoms with Crippen LogP contribution in [0.3, 0.4) is 0 Å². The molecule has 0 saturated carbocycles. The van der Waals surface area contributed by atoms with E-state index >= 15 is 0 Å². The first kappa shape index (κ1) is 13.9. The number of hydrogen-bond donors (Lipinski definition) is 0. The van der Waals surface area contributed by atoms with Crippen molar-refractivity contribution < 1.29 is 0 Å². The molecule has 0 radical (unpaired) electrons. The second-order valence-corrected chi connectivity index (χ2v) is 8.38. The lowest BCUT2D eigenvalue weighted by atomic mass is 9.58. The summed E-state index contributed by atoms with van der Waals surface area (Å²) >= 11 is 0. The molecule has 1 aromatic carbocycles. The van der Waals surface area contributed by atoms with Gasteiger partial charge in [-0.2, -0.15) is 0 Å². The molecule has 2 aliphatic rings. The van der Waals surface area contributed by atoms with E-state index in [4.69, 9.17) is 0 Å². The summed E-state index contributed by atoms with van der Waals surface area (Å²) in [5.41, 5.74) is 13.3. The van der Waals surface area contributed by atoms with Crippen LogP contribution in [0.4, 0.5) is 0 Å². The molecule has 0 unspecified atom stereocenters. The molecule has 0 nitrogen and oxygen atoms in total. The van der Waals surface area contributed by atoms with E-state index in [0.717, 1.165) is 0 Å². The van der Waals surface area contributed by atoms with E-state index in [2.05, 4.69) is 55.4 Å². The molecule has 0 aliphatic heterocycles. The van der Waals surface area contributed by atoms with Gasteiger partial charge in [0.2, 0.25) is 0 Å². The highest BCUT2D eigenvalue weighted by atomic mass is 14.5. The molecular weight excluding hydrogens is 240 g/mol. The summed E-state index contributed by atoms with van der Waals surface area (Å²) < 4.78 is 0. The molecule has 0 saturated heterocycles. The fourth-order valence-electron chi connectivity index (χ4n) is 5.33. The van der Waals surface area contributed by atoms with Crippen LogP contribution in [0.15, 0.2) is 5.57 Å². The maximum Gasteiger partial charge on any atom is -0.00547 e. The molecule has 0 spiro atoms. The molecule has 0 heteroatoms. The summed E-state index contributed by atoms with van der Waals surface area (Å²) in [5.74, 6) is 0. The summed E-state index contributed by atoms with van der Waals surface area (Å²) in [7, 11) is 0. The van der Waals surface area contributed by atoms with Gasteiger partial charge in [0.05, 0.1) is 0 Å². The first-order valence-corrected chi connectivity index (χ1v) is 7.91. The topological polar surface area (TPSA) is 0 Å². The lowest BCUT2D eigenvalue weighted by molar-refractivity contribution is 0.316. The van der Waals surface area contributed by atoms with Gasteiger partial charge in [-0.3, -0.25) is 0 Å². The fraction of sp³-hybridized carbons (Fsp3) is 0.600. The van der Waals surface area contributed by atoms with Crippen molar-refractivity contribution in [2.24, 2.45) is 5.41 Å². The van der Waals surface area contributed by atoms with E-state index < -0.39 is 0 Å². The molecule has 1 aromatic rings. The van der Waals surface area contributed by atoms with E-state index in [1.165, 1.54) is 29.5 Å². The van der Waals surface area contributed by atoms with Crippen LogP contribution < -0.4 is 0 Å². The van der Waals surface area contributed by atoms with Crippen LogP contribution in [-0.4, -0.2) is 0 Å². The monoisotopic (exact) mass is 268 g/mol. The minimum absolute atomic E-state index is 0.282. The van der Waals surface area contributed by atoms with Gasteiger partial charge >= 0.3 is 0 Å². The van der Waals surface area contributed by atoms with Gasteiger partial charge in [0.25, 0.3) is 0 Å². The van der Waals surface area contributed by atoms with Crippen LogP contribution in [-0.2, 0) is 11.8 Å². The molecule has 0 N–H and O–H groups in total. The second-order valence-electron chi connectivity index (χ2n) is 8.38. The van der Waals surface area contributed by atoms with Crippen molar-refractivity contribution in [3.63, 3.8) is 0 Å². The Morgan fingerprint density at radius 3 is 1.95 bits per heavy atom. The van der Waals surface area contributed by atoms with Crippen molar-refractivity contribution in [3.8, 4) is 0 Å². The summed E-state index contributed by atoms with van der Waals surface area (Å²) in [4.78, 5) is 0. The Balaban J connectivity index is 2.49.